The van der Waals surface area contributed by atoms with Gasteiger partial charge in [0.05, 0.1) is 0 Å². The number of hydrogen-bond donors (Lipinski definition) is 1. The topological polar surface area (TPSA) is 47.6 Å². The SMILES string of the molecule is O=C(/C=C/c1ccccc1)Nc1cccc(OCCOc2ccccc2)c1. The van der Waals surface area contributed by atoms with Crippen molar-refractivity contribution in [2.24, 2.45) is 0 Å². The van der Waals surface area contributed by atoms with E-state index in [9.17, 15) is 4.79 Å². The summed E-state index contributed by atoms with van der Waals surface area (Å²) in [5.74, 6) is 1.30. The van der Waals surface area contributed by atoms with E-state index in [0.717, 1.165) is 11.3 Å². The molecule has 4 nitrogen and oxygen atoms in total. The third-order valence-corrected chi connectivity index (χ3v) is 3.69. The van der Waals surface area contributed by atoms with Crippen molar-refractivity contribution < 1.29 is 14.3 Å². The van der Waals surface area contributed by atoms with Crippen LogP contribution in [0, 0.1) is 0 Å². The van der Waals surface area contributed by atoms with Crippen LogP contribution < -0.4 is 14.8 Å². The average Bonchev–Trinajstić information content (AvgIpc) is 2.72. The van der Waals surface area contributed by atoms with Crippen molar-refractivity contribution in [3.05, 3.63) is 96.6 Å². The largest absolute Gasteiger partial charge is 0.490 e. The molecule has 3 rings (SSSR count). The van der Waals surface area contributed by atoms with Gasteiger partial charge in [-0.15, -0.1) is 0 Å². The maximum absolute atomic E-state index is 12.1. The summed E-state index contributed by atoms with van der Waals surface area (Å²) in [6.07, 6.45) is 3.28. The van der Waals surface area contributed by atoms with E-state index in [1.165, 1.54) is 6.08 Å². The van der Waals surface area contributed by atoms with Gasteiger partial charge in [-0.25, -0.2) is 0 Å². The molecule has 1 N–H and O–H groups in total. The van der Waals surface area contributed by atoms with E-state index in [0.29, 0.717) is 24.7 Å². The third-order valence-electron chi connectivity index (χ3n) is 3.69. The molecular weight excluding hydrogens is 338 g/mol. The van der Waals surface area contributed by atoms with Crippen LogP contribution in [0.25, 0.3) is 6.08 Å². The lowest BCUT2D eigenvalue weighted by atomic mass is 10.2. The van der Waals surface area contributed by atoms with Gasteiger partial charge in [-0.1, -0.05) is 54.6 Å². The second-order valence-corrected chi connectivity index (χ2v) is 5.77. The number of benzene rings is 3. The van der Waals surface area contributed by atoms with Crippen LogP contribution in [0.1, 0.15) is 5.56 Å². The minimum atomic E-state index is -0.191. The fraction of sp³-hybridized carbons (Fsp3) is 0.0870. The van der Waals surface area contributed by atoms with E-state index in [2.05, 4.69) is 5.32 Å². The Labute approximate surface area is 159 Å². The third kappa shape index (κ3) is 6.36. The fourth-order valence-corrected chi connectivity index (χ4v) is 2.42. The van der Waals surface area contributed by atoms with Gasteiger partial charge in [0.15, 0.2) is 0 Å². The lowest BCUT2D eigenvalue weighted by molar-refractivity contribution is -0.111. The normalized spacial score (nSPS) is 10.5. The molecular formula is C23H21NO3. The predicted molar refractivity (Wildman–Crippen MR) is 108 cm³/mol. The molecule has 0 radical (unpaired) electrons. The maximum Gasteiger partial charge on any atom is 0.248 e. The highest BCUT2D eigenvalue weighted by atomic mass is 16.5. The summed E-state index contributed by atoms with van der Waals surface area (Å²) in [4.78, 5) is 12.1. The van der Waals surface area contributed by atoms with E-state index in [4.69, 9.17) is 9.47 Å². The van der Waals surface area contributed by atoms with Crippen molar-refractivity contribution in [2.45, 2.75) is 0 Å². The zero-order valence-corrected chi connectivity index (χ0v) is 14.9. The maximum atomic E-state index is 12.1. The first-order valence-corrected chi connectivity index (χ1v) is 8.74. The molecule has 0 unspecified atom stereocenters. The van der Waals surface area contributed by atoms with Gasteiger partial charge in [0.1, 0.15) is 24.7 Å². The second kappa shape index (κ2) is 9.82. The number of carbonyl (C=O) groups excluding carboxylic acids is 1. The molecule has 3 aromatic rings. The van der Waals surface area contributed by atoms with Crippen molar-refractivity contribution in [1.82, 2.24) is 0 Å². The molecule has 1 amide bonds. The van der Waals surface area contributed by atoms with Gasteiger partial charge < -0.3 is 14.8 Å². The van der Waals surface area contributed by atoms with Gasteiger partial charge in [0.25, 0.3) is 0 Å². The zero-order chi connectivity index (χ0) is 18.7. The monoisotopic (exact) mass is 359 g/mol. The summed E-state index contributed by atoms with van der Waals surface area (Å²) in [6.45, 7) is 0.862. The van der Waals surface area contributed by atoms with E-state index in [1.54, 1.807) is 12.1 Å². The number of amides is 1. The zero-order valence-electron chi connectivity index (χ0n) is 14.9. The van der Waals surface area contributed by atoms with Crippen molar-refractivity contribution in [3.8, 4) is 11.5 Å². The van der Waals surface area contributed by atoms with Gasteiger partial charge >= 0.3 is 0 Å². The highest BCUT2D eigenvalue weighted by Crippen LogP contribution is 2.17. The van der Waals surface area contributed by atoms with Gasteiger partial charge in [-0.05, 0) is 35.9 Å². The number of ether oxygens (including phenoxy) is 2. The molecule has 0 bridgehead atoms. The summed E-state index contributed by atoms with van der Waals surface area (Å²) in [7, 11) is 0. The quantitative estimate of drug-likeness (QED) is 0.464. The molecule has 27 heavy (non-hydrogen) atoms. The number of hydrogen-bond acceptors (Lipinski definition) is 3. The summed E-state index contributed by atoms with van der Waals surface area (Å²) in [5.41, 5.74) is 1.65. The van der Waals surface area contributed by atoms with Gasteiger partial charge in [-0.2, -0.15) is 0 Å². The van der Waals surface area contributed by atoms with Crippen LogP contribution in [-0.2, 0) is 4.79 Å². The van der Waals surface area contributed by atoms with Gasteiger partial charge in [0, 0.05) is 17.8 Å². The van der Waals surface area contributed by atoms with Crippen LogP contribution in [0.4, 0.5) is 5.69 Å². The Balaban J connectivity index is 1.46. The molecule has 136 valence electrons. The first-order valence-electron chi connectivity index (χ1n) is 8.74. The number of carbonyl (C=O) groups is 1. The molecule has 0 spiro atoms. The Kier molecular flexibility index (Phi) is 6.65. The summed E-state index contributed by atoms with van der Waals surface area (Å²) >= 11 is 0. The summed E-state index contributed by atoms with van der Waals surface area (Å²) in [6, 6.07) is 26.6. The Hall–Kier alpha value is -3.53. The first kappa shape index (κ1) is 18.3. The molecule has 0 aliphatic carbocycles. The van der Waals surface area contributed by atoms with Crippen molar-refractivity contribution in [1.29, 1.82) is 0 Å². The van der Waals surface area contributed by atoms with E-state index >= 15 is 0 Å². The smallest absolute Gasteiger partial charge is 0.248 e. The van der Waals surface area contributed by atoms with Crippen LogP contribution in [0.5, 0.6) is 11.5 Å². The van der Waals surface area contributed by atoms with E-state index < -0.39 is 0 Å². The number of rotatable bonds is 8. The molecule has 3 aromatic carbocycles. The van der Waals surface area contributed by atoms with Crippen molar-refractivity contribution in [2.75, 3.05) is 18.5 Å². The molecule has 0 heterocycles. The fourth-order valence-electron chi connectivity index (χ4n) is 2.42. The molecule has 0 saturated heterocycles. The Morgan fingerprint density at radius 3 is 2.15 bits per heavy atom. The Morgan fingerprint density at radius 2 is 1.41 bits per heavy atom. The summed E-state index contributed by atoms with van der Waals surface area (Å²) < 4.78 is 11.3. The lowest BCUT2D eigenvalue weighted by Crippen LogP contribution is -2.10. The number of nitrogens with one attached hydrogen (secondary N) is 1. The summed E-state index contributed by atoms with van der Waals surface area (Å²) in [5, 5.41) is 2.83. The van der Waals surface area contributed by atoms with Crippen LogP contribution in [0.2, 0.25) is 0 Å². The molecule has 0 saturated carbocycles. The minimum Gasteiger partial charge on any atom is -0.490 e. The molecule has 4 heteroatoms. The van der Waals surface area contributed by atoms with Crippen LogP contribution in [-0.4, -0.2) is 19.1 Å². The predicted octanol–water partition coefficient (Wildman–Crippen LogP) is 4.80. The molecule has 0 aliphatic heterocycles. The van der Waals surface area contributed by atoms with Gasteiger partial charge in [0.2, 0.25) is 5.91 Å². The lowest BCUT2D eigenvalue weighted by Gasteiger charge is -2.09. The number of para-hydroxylation sites is 1. The average molecular weight is 359 g/mol. The highest BCUT2D eigenvalue weighted by molar-refractivity contribution is 6.02. The highest BCUT2D eigenvalue weighted by Gasteiger charge is 2.01. The standard InChI is InChI=1S/C23H21NO3/c25-23(15-14-19-8-3-1-4-9-19)24-20-10-7-13-22(18-20)27-17-16-26-21-11-5-2-6-12-21/h1-15,18H,16-17H2,(H,24,25)/b15-14+. The first-order chi connectivity index (χ1) is 13.3. The van der Waals surface area contributed by atoms with Gasteiger partial charge in [-0.3, -0.25) is 4.79 Å². The van der Waals surface area contributed by atoms with Crippen LogP contribution >= 0.6 is 0 Å². The molecule has 0 aliphatic rings. The minimum absolute atomic E-state index is 0.191. The number of anilines is 1. The van der Waals surface area contributed by atoms with Crippen molar-refractivity contribution >= 4 is 17.7 Å². The molecule has 0 atom stereocenters. The van der Waals surface area contributed by atoms with E-state index in [1.807, 2.05) is 78.9 Å². The Morgan fingerprint density at radius 1 is 0.778 bits per heavy atom. The van der Waals surface area contributed by atoms with E-state index in [-0.39, 0.29) is 5.91 Å². The van der Waals surface area contributed by atoms with Crippen LogP contribution in [0.15, 0.2) is 91.0 Å². The Bertz CT molecular complexity index is 876. The molecule has 0 aromatic heterocycles. The van der Waals surface area contributed by atoms with Crippen LogP contribution in [0.3, 0.4) is 0 Å². The molecule has 0 fully saturated rings. The second-order valence-electron chi connectivity index (χ2n) is 5.77. The van der Waals surface area contributed by atoms with Crippen molar-refractivity contribution in [3.63, 3.8) is 0 Å².